The number of nitro groups is 1. The molecule has 1 rings (SSSR count). The van der Waals surface area contributed by atoms with E-state index in [0.29, 0.717) is 6.21 Å². The van der Waals surface area contributed by atoms with Crippen molar-refractivity contribution in [2.24, 2.45) is 4.99 Å². The van der Waals surface area contributed by atoms with Crippen LogP contribution in [0.15, 0.2) is 29.3 Å². The zero-order valence-corrected chi connectivity index (χ0v) is 10.8. The Morgan fingerprint density at radius 1 is 1.30 bits per heavy atom. The van der Waals surface area contributed by atoms with Crippen LogP contribution in [0.4, 0.5) is 18.9 Å². The smallest absolute Gasteiger partial charge is 0.371 e. The number of aliphatic hydroxyl groups is 1. The molecule has 1 N–H and O–H groups in total. The fourth-order valence-corrected chi connectivity index (χ4v) is 1.41. The Morgan fingerprint density at radius 3 is 2.15 bits per heavy atom. The second-order valence-corrected chi connectivity index (χ2v) is 4.44. The van der Waals surface area contributed by atoms with Crippen LogP contribution in [0.3, 0.4) is 0 Å². The predicted octanol–water partition coefficient (Wildman–Crippen LogP) is 2.82. The summed E-state index contributed by atoms with van der Waals surface area (Å²) in [5.74, 6) is 0. The second kappa shape index (κ2) is 5.58. The van der Waals surface area contributed by atoms with Crippen LogP contribution in [-0.2, 0) is 5.60 Å². The molecule has 0 bridgehead atoms. The molecule has 1 atom stereocenters. The number of nitro benzene ring substituents is 1. The molecule has 0 aromatic heterocycles. The number of hydrogen-bond donors (Lipinski definition) is 1. The van der Waals surface area contributed by atoms with Crippen LogP contribution >= 0.6 is 0 Å². The fourth-order valence-electron chi connectivity index (χ4n) is 1.41. The van der Waals surface area contributed by atoms with Crippen LogP contribution in [0.2, 0.25) is 0 Å². The molecule has 0 aliphatic carbocycles. The minimum atomic E-state index is -4.98. The first-order valence-corrected chi connectivity index (χ1v) is 5.66. The van der Waals surface area contributed by atoms with Gasteiger partial charge in [-0.2, -0.15) is 13.2 Å². The highest BCUT2D eigenvalue weighted by molar-refractivity contribution is 5.73. The minimum absolute atomic E-state index is 0.362. The summed E-state index contributed by atoms with van der Waals surface area (Å²) in [6.45, 7) is 3.12. The van der Waals surface area contributed by atoms with Gasteiger partial charge in [-0.25, -0.2) is 0 Å². The van der Waals surface area contributed by atoms with E-state index in [1.54, 1.807) is 13.8 Å². The molecule has 0 saturated heterocycles. The summed E-state index contributed by atoms with van der Waals surface area (Å²) >= 11 is 0. The van der Waals surface area contributed by atoms with Gasteiger partial charge in [0.25, 0.3) is 5.69 Å². The summed E-state index contributed by atoms with van der Waals surface area (Å²) in [5, 5.41) is 20.3. The quantitative estimate of drug-likeness (QED) is 0.526. The number of halogens is 3. The third kappa shape index (κ3) is 3.32. The van der Waals surface area contributed by atoms with Crippen LogP contribution in [-0.4, -0.2) is 28.5 Å². The lowest BCUT2D eigenvalue weighted by Gasteiger charge is -2.27. The lowest BCUT2D eigenvalue weighted by atomic mass is 9.94. The van der Waals surface area contributed by atoms with Gasteiger partial charge in [0.05, 0.1) is 4.92 Å². The van der Waals surface area contributed by atoms with Crippen LogP contribution < -0.4 is 0 Å². The summed E-state index contributed by atoms with van der Waals surface area (Å²) in [4.78, 5) is 13.3. The van der Waals surface area contributed by atoms with Crippen molar-refractivity contribution in [1.29, 1.82) is 0 Å². The molecule has 0 heterocycles. The Bertz CT molecular complexity index is 512. The largest absolute Gasteiger partial charge is 0.426 e. The molecule has 0 fully saturated rings. The number of benzene rings is 1. The Morgan fingerprint density at radius 2 is 1.80 bits per heavy atom. The van der Waals surface area contributed by atoms with Gasteiger partial charge in [0, 0.05) is 24.4 Å². The molecule has 8 heteroatoms. The minimum Gasteiger partial charge on any atom is -0.371 e. The topological polar surface area (TPSA) is 75.7 Å². The van der Waals surface area contributed by atoms with Gasteiger partial charge in [-0.1, -0.05) is 0 Å². The van der Waals surface area contributed by atoms with E-state index in [-0.39, 0.29) is 5.69 Å². The van der Waals surface area contributed by atoms with Gasteiger partial charge in [-0.15, -0.1) is 0 Å². The van der Waals surface area contributed by atoms with Crippen molar-refractivity contribution in [1.82, 2.24) is 0 Å². The lowest BCUT2D eigenvalue weighted by Crippen LogP contribution is -2.44. The van der Waals surface area contributed by atoms with Gasteiger partial charge in [0.15, 0.2) is 0 Å². The summed E-state index contributed by atoms with van der Waals surface area (Å²) in [7, 11) is 0. The first-order valence-electron chi connectivity index (χ1n) is 5.66. The normalized spacial score (nSPS) is 15.6. The van der Waals surface area contributed by atoms with Gasteiger partial charge >= 0.3 is 6.18 Å². The molecular formula is C12H13F3N2O3. The van der Waals surface area contributed by atoms with Crippen molar-refractivity contribution < 1.29 is 23.2 Å². The van der Waals surface area contributed by atoms with Crippen LogP contribution in [0, 0.1) is 10.1 Å². The number of rotatable bonds is 4. The van der Waals surface area contributed by atoms with E-state index in [2.05, 4.69) is 4.99 Å². The maximum absolute atomic E-state index is 13.0. The lowest BCUT2D eigenvalue weighted by molar-refractivity contribution is -0.384. The highest BCUT2D eigenvalue weighted by atomic mass is 19.4. The zero-order valence-electron chi connectivity index (χ0n) is 10.8. The molecule has 20 heavy (non-hydrogen) atoms. The summed E-state index contributed by atoms with van der Waals surface area (Å²) in [5.41, 5.74) is -4.16. The first-order chi connectivity index (χ1) is 9.08. The molecule has 110 valence electrons. The Kier molecular flexibility index (Phi) is 4.49. The van der Waals surface area contributed by atoms with E-state index in [1.807, 2.05) is 0 Å². The summed E-state index contributed by atoms with van der Waals surface area (Å²) in [6, 6.07) is 3.09. The van der Waals surface area contributed by atoms with Crippen molar-refractivity contribution in [2.45, 2.75) is 31.7 Å². The third-order valence-electron chi connectivity index (χ3n) is 2.51. The van der Waals surface area contributed by atoms with Crippen LogP contribution in [0.5, 0.6) is 0 Å². The average molecular weight is 290 g/mol. The monoisotopic (exact) mass is 290 g/mol. The zero-order chi connectivity index (χ0) is 15.6. The van der Waals surface area contributed by atoms with Gasteiger partial charge in [-0.3, -0.25) is 15.1 Å². The van der Waals surface area contributed by atoms with E-state index in [4.69, 9.17) is 0 Å². The number of alkyl halides is 3. The molecule has 0 radical (unpaired) electrons. The Labute approximate surface area is 112 Å². The van der Waals surface area contributed by atoms with Crippen molar-refractivity contribution in [3.63, 3.8) is 0 Å². The fraction of sp³-hybridized carbons (Fsp3) is 0.417. The van der Waals surface area contributed by atoms with Crippen molar-refractivity contribution in [3.8, 4) is 0 Å². The van der Waals surface area contributed by atoms with Crippen molar-refractivity contribution in [2.75, 3.05) is 0 Å². The van der Waals surface area contributed by atoms with Crippen LogP contribution in [0.1, 0.15) is 19.4 Å². The molecule has 1 aromatic carbocycles. The highest BCUT2D eigenvalue weighted by Gasteiger charge is 2.54. The number of aliphatic imine (C=N–C) groups is 1. The third-order valence-corrected chi connectivity index (χ3v) is 2.51. The average Bonchev–Trinajstić information content (AvgIpc) is 2.34. The van der Waals surface area contributed by atoms with Crippen LogP contribution in [0.25, 0.3) is 0 Å². The maximum atomic E-state index is 13.0. The van der Waals surface area contributed by atoms with E-state index < -0.39 is 28.3 Å². The Hall–Kier alpha value is -1.96. The molecule has 0 aliphatic rings. The van der Waals surface area contributed by atoms with Gasteiger partial charge < -0.3 is 5.11 Å². The van der Waals surface area contributed by atoms with Gasteiger partial charge in [0.2, 0.25) is 5.60 Å². The summed E-state index contributed by atoms with van der Waals surface area (Å²) < 4.78 is 39.1. The van der Waals surface area contributed by atoms with Gasteiger partial charge in [0.1, 0.15) is 0 Å². The molecule has 0 saturated carbocycles. The maximum Gasteiger partial charge on any atom is 0.426 e. The summed E-state index contributed by atoms with van der Waals surface area (Å²) in [6.07, 6.45) is -4.57. The number of nitrogens with zero attached hydrogens (tertiary/aromatic N) is 2. The van der Waals surface area contributed by atoms with Gasteiger partial charge in [-0.05, 0) is 31.5 Å². The van der Waals surface area contributed by atoms with E-state index in [9.17, 15) is 28.4 Å². The first kappa shape index (κ1) is 16.1. The SMILES string of the molecule is CC(C)N=CC(O)(c1ccc([N+](=O)[O-])cc1)C(F)(F)F. The molecule has 0 amide bonds. The standard InChI is InChI=1S/C12H13F3N2O3/c1-8(2)16-7-11(18,12(13,14)15)9-3-5-10(6-4-9)17(19)20/h3-8,18H,1-2H3. The Balaban J connectivity index is 3.28. The van der Waals surface area contributed by atoms with E-state index in [0.717, 1.165) is 24.3 Å². The molecule has 1 unspecified atom stereocenters. The molecular weight excluding hydrogens is 277 g/mol. The van der Waals surface area contributed by atoms with E-state index >= 15 is 0 Å². The molecule has 5 nitrogen and oxygen atoms in total. The number of hydrogen-bond acceptors (Lipinski definition) is 4. The highest BCUT2D eigenvalue weighted by Crippen LogP contribution is 2.38. The molecule has 1 aromatic rings. The molecule has 0 aliphatic heterocycles. The second-order valence-electron chi connectivity index (χ2n) is 4.44. The van der Waals surface area contributed by atoms with Crippen molar-refractivity contribution in [3.05, 3.63) is 39.9 Å². The van der Waals surface area contributed by atoms with E-state index in [1.165, 1.54) is 0 Å². The van der Waals surface area contributed by atoms with Crippen molar-refractivity contribution >= 4 is 11.9 Å². The number of non-ortho nitro benzene ring substituents is 1. The molecule has 0 spiro atoms. The predicted molar refractivity (Wildman–Crippen MR) is 66.7 cm³/mol.